The number of methoxy groups -OCH3 is 4. The Morgan fingerprint density at radius 2 is 0.708 bits per heavy atom. The second-order valence-electron chi connectivity index (χ2n) is 13.9. The average molecular weight is 1010 g/mol. The highest BCUT2D eigenvalue weighted by atomic mass is 16.5. The molecule has 12 heteroatoms. The summed E-state index contributed by atoms with van der Waals surface area (Å²) in [4.78, 5) is 44.8. The van der Waals surface area contributed by atoms with Gasteiger partial charge in [-0.25, -0.2) is 0 Å². The third-order valence-corrected chi connectivity index (χ3v) is 8.69. The molecule has 0 aliphatic heterocycles. The van der Waals surface area contributed by atoms with Crippen LogP contribution in [0.5, 0.6) is 23.0 Å². The predicted molar refractivity (Wildman–Crippen MR) is 292 cm³/mol. The summed E-state index contributed by atoms with van der Waals surface area (Å²) in [6, 6.07) is -14.4. The number of hydrogen-bond donors (Lipinski definition) is 4. The summed E-state index contributed by atoms with van der Waals surface area (Å²) in [6.07, 6.45) is -6.08. The Labute approximate surface area is 476 Å². The van der Waals surface area contributed by atoms with E-state index in [0.29, 0.717) is 0 Å². The standard InChI is InChI=1S/4C15H17NO2/c4*1-11(17)16-9-8-13-5-3-4-12-6-7-14(18-2)10-15(12)13/h4*3-7,10H,8-9H2,1-2H3,(H,16,17)/i2D3,3D,4D,5D,6D,7D,9D2,10D;2D3,3D,4D,5D,6D,7D,8D2,10D;3D,4D,5D,6D,7D,9D2,10D;3D,4D,5D,6D,7D,8D2,10D. The Morgan fingerprint density at radius 3 is 1.00 bits per heavy atom. The molecule has 0 spiro atoms. The van der Waals surface area contributed by atoms with Gasteiger partial charge in [-0.3, -0.25) is 19.2 Å². The molecule has 12 nitrogen and oxygen atoms in total. The minimum atomic E-state index is -3.07. The van der Waals surface area contributed by atoms with Crippen molar-refractivity contribution in [3.05, 3.63) is 167 Å². The number of fused-ring (bicyclic) bond motifs is 4. The maximum atomic E-state index is 11.3. The molecular weight excluding hydrogens is 905 g/mol. The third-order valence-electron chi connectivity index (χ3n) is 8.69. The molecule has 0 aromatic heterocycles. The van der Waals surface area contributed by atoms with E-state index in [-0.39, 0.29) is 66.5 Å². The molecule has 4 amide bonds. The lowest BCUT2D eigenvalue weighted by atomic mass is 10.0. The first-order valence-electron chi connectivity index (χ1n) is 39.7. The lowest BCUT2D eigenvalue weighted by Gasteiger charge is -2.08. The minimum absolute atomic E-state index is 0.0944. The van der Waals surface area contributed by atoms with Crippen LogP contribution in [-0.4, -0.2) is 78.0 Å². The van der Waals surface area contributed by atoms with Crippen molar-refractivity contribution in [3.63, 3.8) is 0 Å². The van der Waals surface area contributed by atoms with Crippen molar-refractivity contribution in [1.29, 1.82) is 0 Å². The second-order valence-corrected chi connectivity index (χ2v) is 13.9. The monoisotopic (exact) mass is 1010 g/mol. The molecule has 72 heavy (non-hydrogen) atoms. The summed E-state index contributed by atoms with van der Waals surface area (Å²) >= 11 is 0. The number of hydrogen-bond acceptors (Lipinski definition) is 8. The first kappa shape index (κ1) is 22.5. The van der Waals surface area contributed by atoms with Gasteiger partial charge in [0.05, 0.1) is 69.4 Å². The second kappa shape index (κ2) is 28.5. The molecular formula is C60H68N4O8. The summed E-state index contributed by atoms with van der Waals surface area (Å²) in [5.74, 6) is -4.52. The maximum absolute atomic E-state index is 11.3. The Bertz CT molecular complexity index is 5070. The summed E-state index contributed by atoms with van der Waals surface area (Å²) in [6.45, 7) is -1.27. The molecule has 8 rings (SSSR count). The van der Waals surface area contributed by atoms with E-state index in [2.05, 4.69) is 25.4 Å². The number of carbonyl (C=O) groups excluding carboxylic acids is 4. The predicted octanol–water partition coefficient (Wildman–Crippen LogP) is 10.1. The van der Waals surface area contributed by atoms with Crippen molar-refractivity contribution >= 4 is 66.7 Å². The molecule has 0 aliphatic rings. The van der Waals surface area contributed by atoms with Gasteiger partial charge in [-0.2, -0.15) is 0 Å². The lowest BCUT2D eigenvalue weighted by Crippen LogP contribution is -2.22. The van der Waals surface area contributed by atoms with Gasteiger partial charge in [0.15, 0.2) is 0 Å². The van der Waals surface area contributed by atoms with E-state index >= 15 is 0 Å². The van der Waals surface area contributed by atoms with E-state index in [1.165, 1.54) is 21.1 Å². The summed E-state index contributed by atoms with van der Waals surface area (Å²) in [5, 5.41) is 6.26. The zero-order chi connectivity index (χ0) is 84.9. The maximum Gasteiger partial charge on any atom is 0.216 e. The van der Waals surface area contributed by atoms with Crippen LogP contribution in [0.1, 0.15) is 102 Å². The van der Waals surface area contributed by atoms with Gasteiger partial charge in [0, 0.05) is 64.7 Å². The van der Waals surface area contributed by atoms with E-state index in [0.717, 1.165) is 20.8 Å². The molecule has 0 unspecified atom stereocenters. The minimum Gasteiger partial charge on any atom is -0.497 e. The van der Waals surface area contributed by atoms with Gasteiger partial charge in [-0.1, -0.05) is 96.7 Å². The summed E-state index contributed by atoms with van der Waals surface area (Å²) in [5.41, 5.74) is -1.35. The van der Waals surface area contributed by atoms with Gasteiger partial charge >= 0.3 is 0 Å². The van der Waals surface area contributed by atoms with Crippen molar-refractivity contribution < 1.29 is 90.2 Å². The molecule has 0 saturated heterocycles. The molecule has 0 aliphatic carbocycles. The average Bonchev–Trinajstić information content (AvgIpc) is 0.747. The number of ether oxygens (including phenoxy) is 4. The topological polar surface area (TPSA) is 153 Å². The van der Waals surface area contributed by atoms with E-state index in [9.17, 15) is 19.2 Å². The number of benzene rings is 8. The first-order valence-corrected chi connectivity index (χ1v) is 20.7. The van der Waals surface area contributed by atoms with Crippen molar-refractivity contribution in [1.82, 2.24) is 21.3 Å². The number of carbonyl (C=O) groups is 4. The molecule has 376 valence electrons. The van der Waals surface area contributed by atoms with Gasteiger partial charge in [0.2, 0.25) is 23.6 Å². The molecule has 4 N–H and O–H groups in total. The Kier molecular flexibility index (Phi) is 8.92. The van der Waals surface area contributed by atoms with Crippen molar-refractivity contribution in [2.24, 2.45) is 0 Å². The zero-order valence-electron chi connectivity index (χ0n) is 77.1. The van der Waals surface area contributed by atoms with Crippen LogP contribution >= 0.6 is 0 Å². The van der Waals surface area contributed by atoms with Crippen LogP contribution < -0.4 is 40.2 Å². The van der Waals surface area contributed by atoms with Crippen molar-refractivity contribution in [2.45, 2.75) is 53.3 Å². The van der Waals surface area contributed by atoms with Crippen LogP contribution in [0.25, 0.3) is 43.1 Å². The first-order chi connectivity index (χ1) is 50.0. The van der Waals surface area contributed by atoms with E-state index in [1.807, 2.05) is 5.32 Å². The molecule has 0 bridgehead atoms. The highest BCUT2D eigenvalue weighted by Crippen LogP contribution is 2.28. The Balaban J connectivity index is 0.000000263. The van der Waals surface area contributed by atoms with Crippen molar-refractivity contribution in [2.75, 3.05) is 54.4 Å². The normalized spacial score (nSPS) is 19.0. The van der Waals surface area contributed by atoms with Crippen LogP contribution in [0.4, 0.5) is 0 Å². The number of rotatable bonds is 16. The molecule has 0 saturated carbocycles. The quantitative estimate of drug-likeness (QED) is 0.0747. The molecule has 0 fully saturated rings. The Hall–Kier alpha value is -8.12. The van der Waals surface area contributed by atoms with Crippen molar-refractivity contribution in [3.8, 4) is 23.0 Å². The fourth-order valence-electron chi connectivity index (χ4n) is 5.52. The zero-order valence-corrected chi connectivity index (χ0v) is 39.1. The number of amides is 4. The van der Waals surface area contributed by atoms with Crippen LogP contribution in [0.15, 0.2) is 145 Å². The van der Waals surface area contributed by atoms with Gasteiger partial charge in [-0.05, 0) is 139 Å². The number of aryl methyl sites for hydroxylation is 2. The molecule has 8 aromatic rings. The molecule has 0 heterocycles. The van der Waals surface area contributed by atoms with Gasteiger partial charge in [-0.15, -0.1) is 0 Å². The van der Waals surface area contributed by atoms with Crippen LogP contribution in [0.3, 0.4) is 0 Å². The Morgan fingerprint density at radius 1 is 0.417 bits per heavy atom. The van der Waals surface area contributed by atoms with E-state index < -0.39 is 256 Å². The largest absolute Gasteiger partial charge is 0.497 e. The molecule has 8 aromatic carbocycles. The van der Waals surface area contributed by atoms with Gasteiger partial charge in [0.25, 0.3) is 0 Å². The van der Waals surface area contributed by atoms with Crippen LogP contribution in [0, 0.1) is 0 Å². The summed E-state index contributed by atoms with van der Waals surface area (Å²) in [7, 11) is -3.69. The third kappa shape index (κ3) is 17.1. The smallest absolute Gasteiger partial charge is 0.216 e. The van der Waals surface area contributed by atoms with Gasteiger partial charge < -0.3 is 40.2 Å². The van der Waals surface area contributed by atoms with Crippen LogP contribution in [0.2, 0.25) is 0 Å². The fourth-order valence-corrected chi connectivity index (χ4v) is 5.52. The summed E-state index contributed by atoms with van der Waals surface area (Å²) < 4.78 is 321. The van der Waals surface area contributed by atoms with Crippen LogP contribution in [-0.2, 0) is 44.8 Å². The molecule has 0 radical (unpaired) electrons. The molecule has 0 atom stereocenters. The van der Waals surface area contributed by atoms with E-state index in [4.69, 9.17) is 61.6 Å². The highest BCUT2D eigenvalue weighted by Gasteiger charge is 2.07. The highest BCUT2D eigenvalue weighted by molar-refractivity contribution is 5.90. The fraction of sp³-hybridized carbons (Fsp3) is 0.267. The lowest BCUT2D eigenvalue weighted by molar-refractivity contribution is -0.119. The number of nitrogens with one attached hydrogen (secondary N) is 4. The van der Waals surface area contributed by atoms with Gasteiger partial charge in [0.1, 0.15) is 23.0 Å². The van der Waals surface area contributed by atoms with E-state index in [1.54, 1.807) is 0 Å². The SMILES string of the molecule is [2H]c1c([2H])c(C([2H])([2H])CNC(C)=O)c2c([2H])c(OC([2H])([2H])[2H])c([2H])c([2H])c2c1[2H].[2H]c1c([2H])c(C([2H])([2H])CNC(C)=O)c2c([2H])c(OC)c([2H])c([2H])c2c1[2H].[2H]c1c([2H])c(CC([2H])([2H])NC(C)=O)c2c([2H])c(OC([2H])([2H])[2H])c([2H])c([2H])c2c1[2H].[2H]c1c([2H])c(CC([2H])([2H])NC(C)=O)c2c([2H])c(OC)c([2H])c([2H])c2c1[2H].